The quantitative estimate of drug-likeness (QED) is 0.779. The Kier molecular flexibility index (Phi) is 6.21. The summed E-state index contributed by atoms with van der Waals surface area (Å²) < 4.78 is 5.62. The van der Waals surface area contributed by atoms with E-state index in [2.05, 4.69) is 19.2 Å². The van der Waals surface area contributed by atoms with Gasteiger partial charge in [0, 0.05) is 11.1 Å². The molecule has 1 aliphatic rings. The smallest absolute Gasteiger partial charge is 0.260 e. The Labute approximate surface area is 169 Å². The first kappa shape index (κ1) is 20.2. The molecule has 0 bridgehead atoms. The van der Waals surface area contributed by atoms with E-state index in [1.165, 1.54) is 0 Å². The highest BCUT2D eigenvalue weighted by Crippen LogP contribution is 2.33. The van der Waals surface area contributed by atoms with E-state index in [1.807, 2.05) is 30.3 Å². The van der Waals surface area contributed by atoms with Crippen LogP contribution >= 0.6 is 11.6 Å². The molecule has 0 saturated carbocycles. The van der Waals surface area contributed by atoms with Crippen LogP contribution in [0.4, 0.5) is 5.69 Å². The van der Waals surface area contributed by atoms with Gasteiger partial charge in [0.15, 0.2) is 6.10 Å². The molecule has 3 N–H and O–H groups in total. The van der Waals surface area contributed by atoms with Crippen LogP contribution in [-0.2, 0) is 9.59 Å². The molecule has 28 heavy (non-hydrogen) atoms. The number of rotatable bonds is 6. The number of halogens is 1. The van der Waals surface area contributed by atoms with Gasteiger partial charge in [0.2, 0.25) is 5.91 Å². The van der Waals surface area contributed by atoms with Crippen molar-refractivity contribution in [2.45, 2.75) is 26.0 Å². The van der Waals surface area contributed by atoms with Gasteiger partial charge in [0.05, 0.1) is 18.8 Å². The summed E-state index contributed by atoms with van der Waals surface area (Å²) in [7, 11) is 0. The van der Waals surface area contributed by atoms with Gasteiger partial charge in [-0.2, -0.15) is 0 Å². The van der Waals surface area contributed by atoms with Gasteiger partial charge in [-0.15, -0.1) is 0 Å². The van der Waals surface area contributed by atoms with Crippen LogP contribution in [0.15, 0.2) is 48.5 Å². The summed E-state index contributed by atoms with van der Waals surface area (Å²) in [5.41, 5.74) is 7.11. The second-order valence-corrected chi connectivity index (χ2v) is 7.57. The second-order valence-electron chi connectivity index (χ2n) is 7.14. The zero-order chi connectivity index (χ0) is 20.3. The average Bonchev–Trinajstić information content (AvgIpc) is 2.68. The molecule has 0 aromatic heterocycles. The van der Waals surface area contributed by atoms with Crippen molar-refractivity contribution in [2.24, 2.45) is 11.7 Å². The van der Waals surface area contributed by atoms with E-state index < -0.39 is 12.0 Å². The maximum atomic E-state index is 13.0. The van der Waals surface area contributed by atoms with Gasteiger partial charge < -0.3 is 20.7 Å². The summed E-state index contributed by atoms with van der Waals surface area (Å²) in [6.07, 6.45) is -0.865. The molecule has 148 valence electrons. The lowest BCUT2D eigenvalue weighted by atomic mass is 9.96. The molecule has 2 aromatic rings. The molecule has 7 heteroatoms. The highest BCUT2D eigenvalue weighted by Gasteiger charge is 2.32. The number of primary amides is 1. The largest absolute Gasteiger partial charge is 0.477 e. The highest BCUT2D eigenvalue weighted by atomic mass is 35.5. The van der Waals surface area contributed by atoms with Crippen molar-refractivity contribution >= 4 is 29.1 Å². The van der Waals surface area contributed by atoms with Crippen LogP contribution in [0, 0.1) is 5.92 Å². The summed E-state index contributed by atoms with van der Waals surface area (Å²) in [5, 5.41) is 4.01. The average molecular weight is 402 g/mol. The number of hydrogen-bond acceptors (Lipinski definition) is 4. The van der Waals surface area contributed by atoms with Gasteiger partial charge in [-0.3, -0.25) is 9.59 Å². The Morgan fingerprint density at radius 2 is 1.89 bits per heavy atom. The van der Waals surface area contributed by atoms with E-state index in [9.17, 15) is 9.59 Å². The first-order chi connectivity index (χ1) is 13.4. The molecule has 3 rings (SSSR count). The molecule has 0 saturated heterocycles. The molecular weight excluding hydrogens is 378 g/mol. The molecule has 2 amide bonds. The maximum Gasteiger partial charge on any atom is 0.260 e. The Hall–Kier alpha value is -2.57. The van der Waals surface area contributed by atoms with Crippen LogP contribution in [0.25, 0.3) is 0 Å². The zero-order valence-electron chi connectivity index (χ0n) is 15.9. The van der Waals surface area contributed by atoms with Gasteiger partial charge in [-0.1, -0.05) is 49.7 Å². The molecule has 2 aromatic carbocycles. The van der Waals surface area contributed by atoms with E-state index in [0.717, 1.165) is 5.56 Å². The monoisotopic (exact) mass is 401 g/mol. The number of nitrogens with zero attached hydrogens (tertiary/aromatic N) is 1. The summed E-state index contributed by atoms with van der Waals surface area (Å²) in [5.74, 6) is -0.00331. The molecule has 2 atom stereocenters. The maximum absolute atomic E-state index is 13.0. The highest BCUT2D eigenvalue weighted by molar-refractivity contribution is 6.30. The van der Waals surface area contributed by atoms with Gasteiger partial charge in [0.1, 0.15) is 5.75 Å². The number of hydrogen-bond donors (Lipinski definition) is 2. The number of para-hydroxylation sites is 2. The number of nitrogens with one attached hydrogen (secondary N) is 1. The van der Waals surface area contributed by atoms with Crippen LogP contribution < -0.4 is 20.7 Å². The lowest BCUT2D eigenvalue weighted by Gasteiger charge is -2.34. The Bertz CT molecular complexity index is 854. The summed E-state index contributed by atoms with van der Waals surface area (Å²) in [6.45, 7) is 4.39. The minimum absolute atomic E-state index is 0.00978. The fourth-order valence-corrected chi connectivity index (χ4v) is 3.45. The van der Waals surface area contributed by atoms with E-state index in [0.29, 0.717) is 16.5 Å². The standard InChI is InChI=1S/C21H24ClN3O3/c1-13(2)20(14-7-9-15(22)10-8-14)24-11-19(26)25-12-18(21(23)27)28-17-6-4-3-5-16(17)25/h3-10,13,18,20,24H,11-12H2,1-2H3,(H2,23,27)/t18-,20-/m1/s1. The number of ether oxygens (including phenoxy) is 1. The number of nitrogens with two attached hydrogens (primary N) is 1. The zero-order valence-corrected chi connectivity index (χ0v) is 16.6. The van der Waals surface area contributed by atoms with E-state index in [-0.39, 0.29) is 31.0 Å². The van der Waals surface area contributed by atoms with Crippen LogP contribution in [0.3, 0.4) is 0 Å². The summed E-state index contributed by atoms with van der Waals surface area (Å²) >= 11 is 5.98. The van der Waals surface area contributed by atoms with Crippen molar-refractivity contribution < 1.29 is 14.3 Å². The number of carbonyl (C=O) groups is 2. The molecule has 6 nitrogen and oxygen atoms in total. The lowest BCUT2D eigenvalue weighted by molar-refractivity contribution is -0.125. The Morgan fingerprint density at radius 3 is 2.54 bits per heavy atom. The number of benzene rings is 2. The fraction of sp³-hybridized carbons (Fsp3) is 0.333. The Balaban J connectivity index is 1.75. The number of anilines is 1. The van der Waals surface area contributed by atoms with E-state index >= 15 is 0 Å². The normalized spacial score (nSPS) is 17.0. The van der Waals surface area contributed by atoms with Crippen molar-refractivity contribution in [1.29, 1.82) is 0 Å². The van der Waals surface area contributed by atoms with Gasteiger partial charge in [0.25, 0.3) is 5.91 Å². The number of fused-ring (bicyclic) bond motifs is 1. The van der Waals surface area contributed by atoms with Gasteiger partial charge in [-0.25, -0.2) is 0 Å². The van der Waals surface area contributed by atoms with Crippen LogP contribution in [0.1, 0.15) is 25.5 Å². The van der Waals surface area contributed by atoms with Crippen LogP contribution in [0.2, 0.25) is 5.02 Å². The molecule has 0 aliphatic carbocycles. The predicted octanol–water partition coefficient (Wildman–Crippen LogP) is 2.91. The van der Waals surface area contributed by atoms with E-state index in [4.69, 9.17) is 22.1 Å². The minimum atomic E-state index is -0.865. The fourth-order valence-electron chi connectivity index (χ4n) is 3.32. The van der Waals surface area contributed by atoms with E-state index in [1.54, 1.807) is 23.1 Å². The van der Waals surface area contributed by atoms with Crippen molar-refractivity contribution in [1.82, 2.24) is 5.32 Å². The van der Waals surface area contributed by atoms with Crippen molar-refractivity contribution in [3.63, 3.8) is 0 Å². The summed E-state index contributed by atoms with van der Waals surface area (Å²) in [4.78, 5) is 26.2. The number of carbonyl (C=O) groups excluding carboxylic acids is 2. The number of amides is 2. The van der Waals surface area contributed by atoms with Crippen molar-refractivity contribution in [3.8, 4) is 5.75 Å². The molecule has 1 aliphatic heterocycles. The molecular formula is C21H24ClN3O3. The van der Waals surface area contributed by atoms with Crippen molar-refractivity contribution in [3.05, 3.63) is 59.1 Å². The Morgan fingerprint density at radius 1 is 1.21 bits per heavy atom. The molecule has 0 unspecified atom stereocenters. The van der Waals surface area contributed by atoms with Crippen molar-refractivity contribution in [2.75, 3.05) is 18.0 Å². The molecule has 0 radical (unpaired) electrons. The first-order valence-electron chi connectivity index (χ1n) is 9.21. The lowest BCUT2D eigenvalue weighted by Crippen LogP contribution is -2.51. The van der Waals surface area contributed by atoms with Crippen LogP contribution in [0.5, 0.6) is 5.75 Å². The van der Waals surface area contributed by atoms with Gasteiger partial charge in [-0.05, 0) is 35.7 Å². The molecule has 0 fully saturated rings. The third-order valence-corrected chi connectivity index (χ3v) is 5.01. The summed E-state index contributed by atoms with van der Waals surface area (Å²) in [6, 6.07) is 14.7. The predicted molar refractivity (Wildman–Crippen MR) is 109 cm³/mol. The third-order valence-electron chi connectivity index (χ3n) is 4.76. The van der Waals surface area contributed by atoms with Crippen LogP contribution in [-0.4, -0.2) is 31.0 Å². The SMILES string of the molecule is CC(C)[C@@H](NCC(=O)N1C[C@H](C(N)=O)Oc2ccccc21)c1ccc(Cl)cc1. The topological polar surface area (TPSA) is 84.7 Å². The third kappa shape index (κ3) is 4.46. The minimum Gasteiger partial charge on any atom is -0.477 e. The van der Waals surface area contributed by atoms with Gasteiger partial charge >= 0.3 is 0 Å². The molecule has 0 spiro atoms. The first-order valence-corrected chi connectivity index (χ1v) is 9.59. The molecule has 1 heterocycles. The second kappa shape index (κ2) is 8.63.